The summed E-state index contributed by atoms with van der Waals surface area (Å²) >= 11 is 0. The number of rotatable bonds is 63. The molecule has 0 aliphatic rings. The third kappa shape index (κ3) is 67.8. The second kappa shape index (κ2) is 64.2. The Morgan fingerprint density at radius 1 is 0.381 bits per heavy atom. The number of nitrogens with zero attached hydrogens (tertiary/aromatic N) is 1. The van der Waals surface area contributed by atoms with E-state index in [2.05, 4.69) is 123 Å². The minimum Gasteiger partial charge on any atom is -0.462 e. The molecule has 0 aliphatic heterocycles. The van der Waals surface area contributed by atoms with Crippen LogP contribution in [-0.4, -0.2) is 74.9 Å². The number of allylic oxidation sites excluding steroid dienone is 18. The first-order chi connectivity index (χ1) is 41.0. The maximum absolute atomic E-state index is 12.8. The van der Waals surface area contributed by atoms with Crippen molar-refractivity contribution in [1.29, 1.82) is 0 Å². The molecule has 0 amide bonds. The van der Waals surface area contributed by atoms with E-state index in [0.29, 0.717) is 17.4 Å². The molecule has 2 unspecified atom stereocenters. The number of ether oxygens (including phenoxy) is 2. The molecule has 484 valence electrons. The average Bonchev–Trinajstić information content (AvgIpc) is 3.60. The Kier molecular flexibility index (Phi) is 61.6. The van der Waals surface area contributed by atoms with Crippen molar-refractivity contribution in [2.45, 2.75) is 302 Å². The number of phosphoric acid groups is 1. The minimum absolute atomic E-state index is 0.0205. The first-order valence-electron chi connectivity index (χ1n) is 34.6. The number of carbonyl (C=O) groups excluding carboxylic acids is 2. The van der Waals surface area contributed by atoms with Crippen LogP contribution in [0.4, 0.5) is 0 Å². The highest BCUT2D eigenvalue weighted by Crippen LogP contribution is 2.43. The van der Waals surface area contributed by atoms with Gasteiger partial charge in [-0.05, 0) is 103 Å². The van der Waals surface area contributed by atoms with Gasteiger partial charge in [0.1, 0.15) is 19.8 Å². The molecule has 0 saturated carbocycles. The van der Waals surface area contributed by atoms with Crippen LogP contribution < -0.4 is 0 Å². The Morgan fingerprint density at radius 2 is 0.679 bits per heavy atom. The fourth-order valence-electron chi connectivity index (χ4n) is 9.50. The van der Waals surface area contributed by atoms with Gasteiger partial charge in [-0.15, -0.1) is 0 Å². The van der Waals surface area contributed by atoms with Crippen LogP contribution in [0.25, 0.3) is 0 Å². The smallest absolute Gasteiger partial charge is 0.462 e. The number of unbranched alkanes of at least 4 members (excludes halogenated alkanes) is 31. The van der Waals surface area contributed by atoms with Crippen LogP contribution in [0.3, 0.4) is 0 Å². The molecule has 0 heterocycles. The van der Waals surface area contributed by atoms with E-state index in [9.17, 15) is 19.0 Å². The molecule has 9 nitrogen and oxygen atoms in total. The van der Waals surface area contributed by atoms with E-state index >= 15 is 0 Å². The maximum Gasteiger partial charge on any atom is 0.472 e. The fourth-order valence-corrected chi connectivity index (χ4v) is 10.2. The Bertz CT molecular complexity index is 1790. The molecular formula is C74H131NO8P+. The third-order valence-electron chi connectivity index (χ3n) is 14.8. The van der Waals surface area contributed by atoms with Crippen LogP contribution in [0.5, 0.6) is 0 Å². The number of hydrogen-bond donors (Lipinski definition) is 1. The van der Waals surface area contributed by atoms with Crippen LogP contribution >= 0.6 is 7.82 Å². The van der Waals surface area contributed by atoms with Crippen LogP contribution in [0, 0.1) is 0 Å². The lowest BCUT2D eigenvalue weighted by Gasteiger charge is -2.24. The highest BCUT2D eigenvalue weighted by Gasteiger charge is 2.27. The van der Waals surface area contributed by atoms with Crippen molar-refractivity contribution in [1.82, 2.24) is 0 Å². The monoisotopic (exact) mass is 1190 g/mol. The molecule has 0 radical (unpaired) electrons. The number of esters is 2. The molecule has 0 fully saturated rings. The van der Waals surface area contributed by atoms with Crippen molar-refractivity contribution in [2.75, 3.05) is 47.5 Å². The fraction of sp³-hybridized carbons (Fsp3) is 0.730. The van der Waals surface area contributed by atoms with Gasteiger partial charge in [-0.3, -0.25) is 18.6 Å². The summed E-state index contributed by atoms with van der Waals surface area (Å²) in [4.78, 5) is 35.8. The molecule has 2 atom stereocenters. The van der Waals surface area contributed by atoms with Gasteiger partial charge < -0.3 is 18.9 Å². The number of likely N-dealkylation sites (N-methyl/N-ethyl adjacent to an activating group) is 1. The predicted molar refractivity (Wildman–Crippen MR) is 362 cm³/mol. The van der Waals surface area contributed by atoms with Gasteiger partial charge in [0, 0.05) is 12.8 Å². The van der Waals surface area contributed by atoms with Crippen molar-refractivity contribution >= 4 is 19.8 Å². The summed E-state index contributed by atoms with van der Waals surface area (Å²) in [5.74, 6) is -0.832. The summed E-state index contributed by atoms with van der Waals surface area (Å²) in [7, 11) is 1.45. The lowest BCUT2D eigenvalue weighted by Crippen LogP contribution is -2.37. The van der Waals surface area contributed by atoms with Crippen LogP contribution in [0.1, 0.15) is 296 Å². The highest BCUT2D eigenvalue weighted by atomic mass is 31.2. The maximum atomic E-state index is 12.8. The second-order valence-electron chi connectivity index (χ2n) is 24.2. The van der Waals surface area contributed by atoms with Gasteiger partial charge in [-0.1, -0.05) is 290 Å². The molecule has 0 aromatic carbocycles. The van der Waals surface area contributed by atoms with Gasteiger partial charge in [-0.2, -0.15) is 0 Å². The Labute approximate surface area is 518 Å². The van der Waals surface area contributed by atoms with Crippen LogP contribution in [-0.2, 0) is 32.7 Å². The Morgan fingerprint density at radius 3 is 1.02 bits per heavy atom. The van der Waals surface area contributed by atoms with E-state index in [1.54, 1.807) is 0 Å². The summed E-state index contributed by atoms with van der Waals surface area (Å²) in [5.41, 5.74) is 0. The van der Waals surface area contributed by atoms with Gasteiger partial charge in [-0.25, -0.2) is 4.57 Å². The summed E-state index contributed by atoms with van der Waals surface area (Å²) in [6, 6.07) is 0. The van der Waals surface area contributed by atoms with Crippen molar-refractivity contribution in [3.05, 3.63) is 109 Å². The lowest BCUT2D eigenvalue weighted by molar-refractivity contribution is -0.870. The molecule has 10 heteroatoms. The van der Waals surface area contributed by atoms with Gasteiger partial charge in [0.05, 0.1) is 27.7 Å². The molecule has 1 N–H and O–H groups in total. The average molecular weight is 1190 g/mol. The van der Waals surface area contributed by atoms with Gasteiger partial charge in [0.25, 0.3) is 0 Å². The molecule has 0 bridgehead atoms. The third-order valence-corrected chi connectivity index (χ3v) is 15.8. The normalized spacial score (nSPS) is 13.8. The molecule has 0 aromatic heterocycles. The zero-order valence-corrected chi connectivity index (χ0v) is 56.0. The molecule has 0 spiro atoms. The van der Waals surface area contributed by atoms with Crippen molar-refractivity contribution in [3.8, 4) is 0 Å². The Hall–Kier alpha value is -3.33. The standard InChI is InChI=1S/C74H130NO8P/c1-6-8-10-12-14-16-18-20-22-24-26-28-30-32-33-34-35-36-37-38-39-40-41-43-44-46-48-50-52-54-56-58-60-62-64-66-73(76)80-70-72(71-82-84(78,79)81-69-68-75(3,4)5)83-74(77)67-65-63-61-59-57-55-53-51-49-47-45-42-31-29-27-25-23-21-19-17-15-13-11-9-7-2/h9,11,15,17-18,20-21,23-24,26-27,29,42,45,49,51,55,57,72H,6-8,10,12-14,16,19,22,25,28,30-41,43-44,46-48,50,52-54,56,58-71H2,1-5H3/p+1/b11-9-,17-15-,20-18-,23-21-,26-24-,29-27-,45-42-,51-49-,57-55-. The zero-order chi connectivity index (χ0) is 61.2. The summed E-state index contributed by atoms with van der Waals surface area (Å²) in [5, 5.41) is 0. The van der Waals surface area contributed by atoms with E-state index in [1.807, 2.05) is 21.1 Å². The zero-order valence-electron chi connectivity index (χ0n) is 55.1. The van der Waals surface area contributed by atoms with E-state index in [1.165, 1.54) is 173 Å². The quantitative estimate of drug-likeness (QED) is 0.0211. The molecule has 0 saturated heterocycles. The lowest BCUT2D eigenvalue weighted by atomic mass is 10.0. The van der Waals surface area contributed by atoms with E-state index < -0.39 is 26.5 Å². The minimum atomic E-state index is -4.41. The van der Waals surface area contributed by atoms with E-state index in [-0.39, 0.29) is 32.0 Å². The second-order valence-corrected chi connectivity index (χ2v) is 25.6. The van der Waals surface area contributed by atoms with E-state index in [0.717, 1.165) is 89.9 Å². The number of phosphoric ester groups is 1. The van der Waals surface area contributed by atoms with Gasteiger partial charge in [0.2, 0.25) is 0 Å². The van der Waals surface area contributed by atoms with Crippen molar-refractivity contribution in [2.24, 2.45) is 0 Å². The topological polar surface area (TPSA) is 108 Å². The van der Waals surface area contributed by atoms with Crippen molar-refractivity contribution < 1.29 is 42.1 Å². The first-order valence-corrected chi connectivity index (χ1v) is 36.1. The highest BCUT2D eigenvalue weighted by molar-refractivity contribution is 7.47. The van der Waals surface area contributed by atoms with Gasteiger partial charge in [0.15, 0.2) is 6.10 Å². The predicted octanol–water partition coefficient (Wildman–Crippen LogP) is 22.5. The Balaban J connectivity index is 4.07. The molecular weight excluding hydrogens is 1060 g/mol. The molecule has 0 rings (SSSR count). The summed E-state index contributed by atoms with van der Waals surface area (Å²) < 4.78 is 34.6. The molecule has 0 aromatic rings. The first kappa shape index (κ1) is 80.7. The van der Waals surface area contributed by atoms with Crippen LogP contribution in [0.15, 0.2) is 109 Å². The molecule has 84 heavy (non-hydrogen) atoms. The number of hydrogen-bond acceptors (Lipinski definition) is 7. The SMILES string of the molecule is CC/C=C\C/C=C\C/C=C\C/C=C\C/C=C\C/C=C\C/C=C\CCCCCC(=O)OC(COC(=O)CCCCCCCCCCCCCCCCCCCCCCCCC/C=C\C/C=C\CCCCCCC)COP(=O)(O)OCC[N+](C)(C)C. The van der Waals surface area contributed by atoms with Gasteiger partial charge >= 0.3 is 19.8 Å². The summed E-state index contributed by atoms with van der Waals surface area (Å²) in [6.07, 6.45) is 90.6. The summed E-state index contributed by atoms with van der Waals surface area (Å²) in [6.45, 7) is 4.29. The van der Waals surface area contributed by atoms with Crippen LogP contribution in [0.2, 0.25) is 0 Å². The number of carbonyl (C=O) groups is 2. The number of quaternary nitrogens is 1. The van der Waals surface area contributed by atoms with Crippen molar-refractivity contribution in [3.63, 3.8) is 0 Å². The largest absolute Gasteiger partial charge is 0.472 e. The molecule has 0 aliphatic carbocycles. The van der Waals surface area contributed by atoms with E-state index in [4.69, 9.17) is 18.5 Å².